The summed E-state index contributed by atoms with van der Waals surface area (Å²) >= 11 is 0. The molecule has 1 saturated heterocycles. The predicted molar refractivity (Wildman–Crippen MR) is 104 cm³/mol. The van der Waals surface area contributed by atoms with Crippen molar-refractivity contribution in [1.29, 1.82) is 0 Å². The van der Waals surface area contributed by atoms with Crippen LogP contribution in [0, 0.1) is 0 Å². The fourth-order valence-corrected chi connectivity index (χ4v) is 5.88. The molecule has 5 atom stereocenters. The Bertz CT molecular complexity index is 1300. The normalized spacial score (nSPS) is 24.8. The zero-order valence-corrected chi connectivity index (χ0v) is 18.6. The summed E-state index contributed by atoms with van der Waals surface area (Å²) in [6, 6.07) is -0.996. The van der Waals surface area contributed by atoms with Gasteiger partial charge in [-0.2, -0.15) is 13.6 Å². The largest absolute Gasteiger partial charge is 0.490 e. The number of hydrogen-bond donors (Lipinski definition) is 6. The Labute approximate surface area is 181 Å². The predicted octanol–water partition coefficient (Wildman–Crippen LogP) is 0.0115. The molecule has 0 aliphatic carbocycles. The van der Waals surface area contributed by atoms with Gasteiger partial charge in [0.2, 0.25) is 5.95 Å². The fraction of sp³-hybridized carbons (Fsp3) is 0.500. The van der Waals surface area contributed by atoms with Gasteiger partial charge in [0.15, 0.2) is 11.2 Å². The Balaban J connectivity index is 1.75. The van der Waals surface area contributed by atoms with Crippen LogP contribution in [0.1, 0.15) is 12.6 Å². The van der Waals surface area contributed by atoms with E-state index in [2.05, 4.69) is 38.1 Å². The van der Waals surface area contributed by atoms with Crippen LogP contribution in [-0.4, -0.2) is 57.8 Å². The molecule has 0 amide bonds. The number of H-pyrrole nitrogens is 1. The van der Waals surface area contributed by atoms with Gasteiger partial charge in [-0.1, -0.05) is 5.11 Å². The van der Waals surface area contributed by atoms with Gasteiger partial charge in [0.1, 0.15) is 6.23 Å². The molecule has 3 heterocycles. The van der Waals surface area contributed by atoms with Crippen molar-refractivity contribution in [2.45, 2.75) is 24.8 Å². The lowest BCUT2D eigenvalue weighted by Crippen LogP contribution is -2.24. The fourth-order valence-electron chi connectivity index (χ4n) is 2.85. The summed E-state index contributed by atoms with van der Waals surface area (Å²) in [7, 11) is -16.7. The van der Waals surface area contributed by atoms with Crippen molar-refractivity contribution in [3.8, 4) is 0 Å². The van der Waals surface area contributed by atoms with E-state index in [-0.39, 0.29) is 23.5 Å². The molecule has 1 aliphatic heterocycles. The van der Waals surface area contributed by atoms with E-state index in [1.807, 2.05) is 0 Å². The first kappa shape index (κ1) is 25.5. The molecular weight excluding hydrogens is 517 g/mol. The molecule has 0 spiro atoms. The lowest BCUT2D eigenvalue weighted by molar-refractivity contribution is -0.0230. The highest BCUT2D eigenvalue weighted by molar-refractivity contribution is 7.66. The van der Waals surface area contributed by atoms with Gasteiger partial charge in [0.05, 0.1) is 25.1 Å². The Kier molecular flexibility index (Phi) is 7.12. The molecular formula is C10H15N8O12P3. The van der Waals surface area contributed by atoms with Crippen LogP contribution in [0.4, 0.5) is 5.95 Å². The molecule has 0 saturated carbocycles. The topological polar surface area (TPSA) is 307 Å². The average Bonchev–Trinajstić information content (AvgIpc) is 3.21. The second kappa shape index (κ2) is 9.23. The number of phosphoric ester groups is 1. The van der Waals surface area contributed by atoms with Gasteiger partial charge in [0.25, 0.3) is 5.56 Å². The van der Waals surface area contributed by atoms with E-state index >= 15 is 0 Å². The quantitative estimate of drug-likeness (QED) is 0.107. The van der Waals surface area contributed by atoms with Crippen molar-refractivity contribution in [2.24, 2.45) is 5.11 Å². The Hall–Kier alpha value is -2.17. The minimum atomic E-state index is -5.70. The number of aromatic nitrogens is 4. The van der Waals surface area contributed by atoms with Crippen LogP contribution in [0.25, 0.3) is 21.6 Å². The first-order valence-electron chi connectivity index (χ1n) is 8.40. The third-order valence-electron chi connectivity index (χ3n) is 3.98. The number of hydrogen-bond acceptors (Lipinski definition) is 12. The van der Waals surface area contributed by atoms with Crippen molar-refractivity contribution in [3.63, 3.8) is 0 Å². The van der Waals surface area contributed by atoms with Crippen LogP contribution < -0.4 is 11.3 Å². The van der Waals surface area contributed by atoms with E-state index in [1.165, 1.54) is 10.9 Å². The summed E-state index contributed by atoms with van der Waals surface area (Å²) in [4.78, 5) is 60.5. The zero-order chi connectivity index (χ0) is 24.6. The third-order valence-corrected chi connectivity index (χ3v) is 7.79. The van der Waals surface area contributed by atoms with Crippen molar-refractivity contribution in [1.82, 2.24) is 19.5 Å². The third kappa shape index (κ3) is 6.45. The first-order chi connectivity index (χ1) is 15.2. The number of nitrogen functional groups attached to an aromatic ring is 1. The summed E-state index contributed by atoms with van der Waals surface area (Å²) < 4.78 is 52.6. The lowest BCUT2D eigenvalue weighted by atomic mass is 10.1. The number of ether oxygens (including phenoxy) is 1. The molecule has 0 radical (unpaired) electrons. The van der Waals surface area contributed by atoms with Crippen LogP contribution in [-0.2, 0) is 31.6 Å². The number of nitrogens with zero attached hydrogens (tertiary/aromatic N) is 6. The summed E-state index contributed by atoms with van der Waals surface area (Å²) in [6.07, 6.45) is -0.996. The number of rotatable bonds is 9. The number of aromatic amines is 1. The highest BCUT2D eigenvalue weighted by Gasteiger charge is 2.43. The minimum Gasteiger partial charge on any atom is -0.369 e. The number of phosphoric acid groups is 3. The number of imidazole rings is 1. The molecule has 0 bridgehead atoms. The number of azide groups is 1. The highest BCUT2D eigenvalue weighted by atomic mass is 31.3. The van der Waals surface area contributed by atoms with Crippen LogP contribution in [0.15, 0.2) is 16.2 Å². The van der Waals surface area contributed by atoms with Gasteiger partial charge in [0, 0.05) is 11.3 Å². The van der Waals surface area contributed by atoms with Gasteiger partial charge in [-0.3, -0.25) is 18.9 Å². The second-order valence-corrected chi connectivity index (χ2v) is 10.7. The summed E-state index contributed by atoms with van der Waals surface area (Å²) in [5, 5.41) is 3.49. The standard InChI is InChI=1S/C10H15N8O12P3/c11-10-14-8-7(9(19)15-10)13-3-18(8)6-1-4(16-17-12)5(28-6)2-27-32(23,24)30-33(25,26)29-31(20,21)22/h3-6H,1-2H2,(H,23,24)(H,25,26)(H2,20,21,22)(H3,11,14,15,19)/t4-,5-,6-/m1/s1. The van der Waals surface area contributed by atoms with E-state index in [9.17, 15) is 28.3 Å². The minimum absolute atomic E-state index is 0.0334. The zero-order valence-electron chi connectivity index (χ0n) is 15.9. The number of fused-ring (bicyclic) bond motifs is 1. The van der Waals surface area contributed by atoms with Crippen molar-refractivity contribution in [3.05, 3.63) is 27.1 Å². The smallest absolute Gasteiger partial charge is 0.369 e. The van der Waals surface area contributed by atoms with Gasteiger partial charge in [-0.15, -0.1) is 0 Å². The summed E-state index contributed by atoms with van der Waals surface area (Å²) in [5.41, 5.74) is 13.7. The van der Waals surface area contributed by atoms with Crippen molar-refractivity contribution < 1.29 is 51.2 Å². The van der Waals surface area contributed by atoms with E-state index in [0.717, 1.165) is 0 Å². The molecule has 2 aromatic heterocycles. The van der Waals surface area contributed by atoms with Gasteiger partial charge in [-0.25, -0.2) is 18.7 Å². The van der Waals surface area contributed by atoms with Gasteiger partial charge < -0.3 is 30.0 Å². The van der Waals surface area contributed by atoms with E-state index in [4.69, 9.17) is 25.8 Å². The molecule has 2 aromatic rings. The van der Waals surface area contributed by atoms with Crippen LogP contribution in [0.2, 0.25) is 0 Å². The lowest BCUT2D eigenvalue weighted by Gasteiger charge is -2.19. The average molecular weight is 532 g/mol. The number of nitrogens with one attached hydrogen (secondary N) is 1. The van der Waals surface area contributed by atoms with Crippen molar-refractivity contribution in [2.75, 3.05) is 12.3 Å². The molecule has 7 N–H and O–H groups in total. The molecule has 3 rings (SSSR count). The SMILES string of the molecule is [N-]=[N+]=N[C@@H]1C[C@H](n2cnc3c(=O)[nH]c(N)nc32)O[C@@H]1COP(=O)(O)OP(=O)(O)OP(=O)(O)O. The van der Waals surface area contributed by atoms with Crippen LogP contribution in [0.3, 0.4) is 0 Å². The second-order valence-electron chi connectivity index (χ2n) is 6.30. The Morgan fingerprint density at radius 3 is 2.64 bits per heavy atom. The van der Waals surface area contributed by atoms with Crippen LogP contribution in [0.5, 0.6) is 0 Å². The molecule has 2 unspecified atom stereocenters. The maximum Gasteiger partial charge on any atom is 0.490 e. The van der Waals surface area contributed by atoms with E-state index in [1.54, 1.807) is 0 Å². The van der Waals surface area contributed by atoms with Crippen LogP contribution >= 0.6 is 23.5 Å². The number of nitrogens with two attached hydrogens (primary N) is 1. The molecule has 0 aromatic carbocycles. The highest BCUT2D eigenvalue weighted by Crippen LogP contribution is 2.66. The first-order valence-corrected chi connectivity index (χ1v) is 12.9. The summed E-state index contributed by atoms with van der Waals surface area (Å²) in [5.74, 6) is -0.206. The Morgan fingerprint density at radius 2 is 2.00 bits per heavy atom. The van der Waals surface area contributed by atoms with Gasteiger partial charge in [-0.05, 0) is 5.53 Å². The van der Waals surface area contributed by atoms with Gasteiger partial charge >= 0.3 is 23.5 Å². The maximum atomic E-state index is 11.9. The van der Waals surface area contributed by atoms with E-state index < -0.39 is 54.0 Å². The summed E-state index contributed by atoms with van der Waals surface area (Å²) in [6.45, 7) is -0.841. The molecule has 33 heavy (non-hydrogen) atoms. The molecule has 182 valence electrons. The Morgan fingerprint density at radius 1 is 1.30 bits per heavy atom. The number of anilines is 1. The molecule has 20 nitrogen and oxygen atoms in total. The van der Waals surface area contributed by atoms with Crippen molar-refractivity contribution >= 4 is 40.6 Å². The molecule has 1 fully saturated rings. The monoisotopic (exact) mass is 532 g/mol. The maximum absolute atomic E-state index is 11.9. The molecule has 1 aliphatic rings. The van der Waals surface area contributed by atoms with E-state index in [0.29, 0.717) is 0 Å². The molecule has 23 heteroatoms.